The van der Waals surface area contributed by atoms with Crippen molar-refractivity contribution in [1.29, 1.82) is 0 Å². The summed E-state index contributed by atoms with van der Waals surface area (Å²) in [6.45, 7) is 0.654. The first-order valence-corrected chi connectivity index (χ1v) is 7.60. The summed E-state index contributed by atoms with van der Waals surface area (Å²) in [6, 6.07) is 18.5. The van der Waals surface area contributed by atoms with Crippen molar-refractivity contribution in [2.24, 2.45) is 0 Å². The highest BCUT2D eigenvalue weighted by atomic mass is 16.2. The van der Waals surface area contributed by atoms with Crippen LogP contribution >= 0.6 is 0 Å². The van der Waals surface area contributed by atoms with E-state index in [-0.39, 0.29) is 5.91 Å². The van der Waals surface area contributed by atoms with Gasteiger partial charge >= 0.3 is 0 Å². The highest BCUT2D eigenvalue weighted by molar-refractivity contribution is 5.76. The summed E-state index contributed by atoms with van der Waals surface area (Å²) in [4.78, 5) is 16.1. The summed E-state index contributed by atoms with van der Waals surface area (Å²) >= 11 is 0. The molecular formula is C19H24N2O. The Morgan fingerprint density at radius 1 is 0.864 bits per heavy atom. The van der Waals surface area contributed by atoms with Crippen LogP contribution in [0.2, 0.25) is 0 Å². The molecule has 0 N–H and O–H groups in total. The number of benzene rings is 2. The van der Waals surface area contributed by atoms with Crippen LogP contribution in [-0.4, -0.2) is 32.0 Å². The third-order valence-corrected chi connectivity index (χ3v) is 3.77. The number of hydrogen-bond donors (Lipinski definition) is 0. The van der Waals surface area contributed by atoms with E-state index in [1.165, 1.54) is 11.3 Å². The molecule has 0 aromatic heterocycles. The lowest BCUT2D eigenvalue weighted by molar-refractivity contribution is -0.130. The average Bonchev–Trinajstić information content (AvgIpc) is 2.54. The number of aryl methyl sites for hydroxylation is 1. The van der Waals surface area contributed by atoms with Crippen molar-refractivity contribution in [2.45, 2.75) is 19.4 Å². The topological polar surface area (TPSA) is 23.6 Å². The molecule has 0 unspecified atom stereocenters. The zero-order chi connectivity index (χ0) is 15.9. The molecule has 0 saturated carbocycles. The molecule has 1 amide bonds. The quantitative estimate of drug-likeness (QED) is 0.816. The molecule has 0 bridgehead atoms. The summed E-state index contributed by atoms with van der Waals surface area (Å²) in [6.07, 6.45) is 1.35. The van der Waals surface area contributed by atoms with Crippen LogP contribution in [0.5, 0.6) is 0 Å². The Labute approximate surface area is 133 Å². The van der Waals surface area contributed by atoms with Gasteiger partial charge < -0.3 is 9.80 Å². The van der Waals surface area contributed by atoms with Crippen molar-refractivity contribution in [1.82, 2.24) is 4.90 Å². The Hall–Kier alpha value is -2.29. The highest BCUT2D eigenvalue weighted by Crippen LogP contribution is 2.14. The lowest BCUT2D eigenvalue weighted by Crippen LogP contribution is -2.26. The van der Waals surface area contributed by atoms with E-state index < -0.39 is 0 Å². The van der Waals surface area contributed by atoms with E-state index in [0.717, 1.165) is 12.0 Å². The molecular weight excluding hydrogens is 272 g/mol. The van der Waals surface area contributed by atoms with Gasteiger partial charge in [-0.25, -0.2) is 0 Å². The highest BCUT2D eigenvalue weighted by Gasteiger charge is 2.09. The number of hydrogen-bond acceptors (Lipinski definition) is 2. The Morgan fingerprint density at radius 2 is 1.50 bits per heavy atom. The molecule has 2 aromatic rings. The third-order valence-electron chi connectivity index (χ3n) is 3.77. The second kappa shape index (κ2) is 7.64. The number of carbonyl (C=O) groups is 1. The van der Waals surface area contributed by atoms with Crippen molar-refractivity contribution in [3.05, 3.63) is 65.7 Å². The standard InChI is InChI=1S/C19H24N2O/c1-20(2)18-12-9-17(10-13-18)15-21(3)19(22)14-11-16-7-5-4-6-8-16/h4-10,12-13H,11,14-15H2,1-3H3. The van der Waals surface area contributed by atoms with Gasteiger partial charge in [-0.3, -0.25) is 4.79 Å². The Kier molecular flexibility index (Phi) is 5.59. The predicted octanol–water partition coefficient (Wildman–Crippen LogP) is 3.34. The molecule has 0 aliphatic heterocycles. The van der Waals surface area contributed by atoms with Crippen molar-refractivity contribution >= 4 is 11.6 Å². The first-order valence-electron chi connectivity index (χ1n) is 7.60. The average molecular weight is 296 g/mol. The van der Waals surface area contributed by atoms with Gasteiger partial charge in [0.2, 0.25) is 5.91 Å². The molecule has 0 atom stereocenters. The van der Waals surface area contributed by atoms with Gasteiger partial charge in [-0.05, 0) is 29.7 Å². The predicted molar refractivity (Wildman–Crippen MR) is 92.0 cm³/mol. The van der Waals surface area contributed by atoms with Gasteiger partial charge in [0.05, 0.1) is 0 Å². The molecule has 0 aliphatic rings. The summed E-state index contributed by atoms with van der Waals surface area (Å²) in [5.41, 5.74) is 3.53. The molecule has 2 aromatic carbocycles. The fourth-order valence-corrected chi connectivity index (χ4v) is 2.35. The summed E-state index contributed by atoms with van der Waals surface area (Å²) < 4.78 is 0. The summed E-state index contributed by atoms with van der Waals surface area (Å²) in [5.74, 6) is 0.181. The minimum Gasteiger partial charge on any atom is -0.378 e. The van der Waals surface area contributed by atoms with Gasteiger partial charge in [0, 0.05) is 39.8 Å². The third kappa shape index (κ3) is 4.62. The molecule has 0 spiro atoms. The minimum atomic E-state index is 0.181. The number of rotatable bonds is 6. The molecule has 0 fully saturated rings. The number of anilines is 1. The molecule has 0 saturated heterocycles. The molecule has 116 valence electrons. The maximum atomic E-state index is 12.2. The minimum absolute atomic E-state index is 0.181. The van der Waals surface area contributed by atoms with Gasteiger partial charge in [-0.2, -0.15) is 0 Å². The first-order chi connectivity index (χ1) is 10.6. The maximum Gasteiger partial charge on any atom is 0.222 e. The lowest BCUT2D eigenvalue weighted by Gasteiger charge is -2.18. The fourth-order valence-electron chi connectivity index (χ4n) is 2.35. The zero-order valence-electron chi connectivity index (χ0n) is 13.6. The Balaban J connectivity index is 1.85. The van der Waals surface area contributed by atoms with E-state index in [1.54, 1.807) is 4.90 Å². The first kappa shape index (κ1) is 16.1. The maximum absolute atomic E-state index is 12.2. The van der Waals surface area contributed by atoms with Crippen molar-refractivity contribution in [3.63, 3.8) is 0 Å². The second-order valence-corrected chi connectivity index (χ2v) is 5.80. The van der Waals surface area contributed by atoms with Crippen LogP contribution in [0.4, 0.5) is 5.69 Å². The van der Waals surface area contributed by atoms with Crippen LogP contribution < -0.4 is 4.90 Å². The number of amides is 1. The van der Waals surface area contributed by atoms with Crippen LogP contribution in [0.3, 0.4) is 0 Å². The van der Waals surface area contributed by atoms with Gasteiger partial charge in [0.1, 0.15) is 0 Å². The van der Waals surface area contributed by atoms with Gasteiger partial charge in [-0.1, -0.05) is 42.5 Å². The molecule has 3 heteroatoms. The SMILES string of the molecule is CN(Cc1ccc(N(C)C)cc1)C(=O)CCc1ccccc1. The lowest BCUT2D eigenvalue weighted by atomic mass is 10.1. The van der Waals surface area contributed by atoms with E-state index in [2.05, 4.69) is 41.3 Å². The zero-order valence-corrected chi connectivity index (χ0v) is 13.6. The molecule has 2 rings (SSSR count). The molecule has 0 radical (unpaired) electrons. The normalized spacial score (nSPS) is 10.3. The van der Waals surface area contributed by atoms with E-state index in [9.17, 15) is 4.79 Å². The molecule has 0 heterocycles. The Bertz CT molecular complexity index is 591. The van der Waals surface area contributed by atoms with Crippen molar-refractivity contribution in [3.8, 4) is 0 Å². The van der Waals surface area contributed by atoms with Gasteiger partial charge in [0.15, 0.2) is 0 Å². The fraction of sp³-hybridized carbons (Fsp3) is 0.316. The van der Waals surface area contributed by atoms with Crippen LogP contribution in [0.25, 0.3) is 0 Å². The molecule has 0 aliphatic carbocycles. The number of carbonyl (C=O) groups excluding carboxylic acids is 1. The van der Waals surface area contributed by atoms with Crippen LogP contribution in [0.15, 0.2) is 54.6 Å². The summed E-state index contributed by atoms with van der Waals surface area (Å²) in [7, 11) is 5.91. The van der Waals surface area contributed by atoms with Gasteiger partial charge in [-0.15, -0.1) is 0 Å². The van der Waals surface area contributed by atoms with E-state index in [1.807, 2.05) is 39.3 Å². The largest absolute Gasteiger partial charge is 0.378 e. The molecule has 3 nitrogen and oxygen atoms in total. The van der Waals surface area contributed by atoms with E-state index >= 15 is 0 Å². The van der Waals surface area contributed by atoms with Crippen LogP contribution in [-0.2, 0) is 17.8 Å². The second-order valence-electron chi connectivity index (χ2n) is 5.80. The van der Waals surface area contributed by atoms with Crippen LogP contribution in [0.1, 0.15) is 17.5 Å². The monoisotopic (exact) mass is 296 g/mol. The van der Waals surface area contributed by atoms with Crippen molar-refractivity contribution < 1.29 is 4.79 Å². The van der Waals surface area contributed by atoms with Crippen LogP contribution in [0, 0.1) is 0 Å². The van der Waals surface area contributed by atoms with Crippen molar-refractivity contribution in [2.75, 3.05) is 26.0 Å². The summed E-state index contributed by atoms with van der Waals surface area (Å²) in [5, 5.41) is 0. The van der Waals surface area contributed by atoms with Gasteiger partial charge in [0.25, 0.3) is 0 Å². The smallest absolute Gasteiger partial charge is 0.222 e. The van der Waals surface area contributed by atoms with E-state index in [0.29, 0.717) is 13.0 Å². The van der Waals surface area contributed by atoms with E-state index in [4.69, 9.17) is 0 Å². The number of nitrogens with zero attached hydrogens (tertiary/aromatic N) is 2. The Morgan fingerprint density at radius 3 is 2.09 bits per heavy atom. The molecule has 22 heavy (non-hydrogen) atoms.